The van der Waals surface area contributed by atoms with Gasteiger partial charge in [0.05, 0.1) is 15.9 Å². The van der Waals surface area contributed by atoms with Crippen LogP contribution in [0.5, 0.6) is 0 Å². The van der Waals surface area contributed by atoms with E-state index >= 15 is 4.39 Å². The number of thiazole rings is 1. The summed E-state index contributed by atoms with van der Waals surface area (Å²) in [5, 5.41) is 3.00. The number of amides is 2. The molecule has 2 saturated heterocycles. The number of carbonyl (C=O) groups excluding carboxylic acids is 2. The van der Waals surface area contributed by atoms with E-state index in [9.17, 15) is 14.0 Å². The van der Waals surface area contributed by atoms with Gasteiger partial charge in [0.1, 0.15) is 17.6 Å². The lowest BCUT2D eigenvalue weighted by Crippen LogP contribution is -2.42. The highest BCUT2D eigenvalue weighted by atomic mass is 32.1. The van der Waals surface area contributed by atoms with Crippen molar-refractivity contribution in [1.82, 2.24) is 24.5 Å². The van der Waals surface area contributed by atoms with Crippen molar-refractivity contribution >= 4 is 38.5 Å². The first-order valence-electron chi connectivity index (χ1n) is 15.9. The van der Waals surface area contributed by atoms with Crippen LogP contribution in [0.4, 0.5) is 13.6 Å². The molecule has 6 rings (SSSR count). The van der Waals surface area contributed by atoms with Crippen molar-refractivity contribution in [3.63, 3.8) is 0 Å². The van der Waals surface area contributed by atoms with E-state index in [1.165, 1.54) is 11.3 Å². The number of nitrogens with zero attached hydrogens (tertiary/aromatic N) is 4. The van der Waals surface area contributed by atoms with Crippen LogP contribution < -0.4 is 5.32 Å². The maximum atomic E-state index is 15.5. The monoisotopic (exact) mass is 637 g/mol. The molecule has 240 valence electrons. The smallest absolute Gasteiger partial charge is 0.410 e. The number of ether oxygens (including phenoxy) is 1. The maximum Gasteiger partial charge on any atom is 0.410 e. The molecule has 1 atom stereocenters. The lowest BCUT2D eigenvalue weighted by Gasteiger charge is -2.34. The Morgan fingerprint density at radius 3 is 2.64 bits per heavy atom. The molecular formula is C34H41F2N5O3S. The normalized spacial score (nSPS) is 18.5. The zero-order valence-electron chi connectivity index (χ0n) is 26.2. The molecule has 0 aliphatic carbocycles. The van der Waals surface area contributed by atoms with Crippen molar-refractivity contribution in [1.29, 1.82) is 0 Å². The summed E-state index contributed by atoms with van der Waals surface area (Å²) in [5.41, 5.74) is 2.76. The number of carbonyl (C=O) groups is 2. The standard InChI is InChI=1S/C34H41F2N5O3S/c1-34(2,3)44-33(43)40-15-4-6-24(20-40)22-7-9-26(27(36)18-22)28-21-41-29-10-8-23(19-30(29)45-32(41)38-28)31(42)37-13-5-14-39-16-11-25(35)12-17-39/h7-10,18-19,21,24-25H,4-6,11-17,20H2,1-3H3,(H,37,42). The van der Waals surface area contributed by atoms with Gasteiger partial charge < -0.3 is 19.9 Å². The van der Waals surface area contributed by atoms with Gasteiger partial charge in [0.15, 0.2) is 4.96 Å². The number of nitrogens with one attached hydrogen (secondary N) is 1. The molecule has 8 nitrogen and oxygen atoms in total. The van der Waals surface area contributed by atoms with E-state index in [-0.39, 0.29) is 23.7 Å². The topological polar surface area (TPSA) is 79.2 Å². The van der Waals surface area contributed by atoms with Crippen molar-refractivity contribution < 1.29 is 23.1 Å². The molecule has 2 amide bonds. The number of fused-ring (bicyclic) bond motifs is 3. The summed E-state index contributed by atoms with van der Waals surface area (Å²) in [4.78, 5) is 34.8. The number of benzene rings is 2. The summed E-state index contributed by atoms with van der Waals surface area (Å²) >= 11 is 1.46. The van der Waals surface area contributed by atoms with Gasteiger partial charge in [0.2, 0.25) is 0 Å². The average Bonchev–Trinajstić information content (AvgIpc) is 3.57. The van der Waals surface area contributed by atoms with E-state index in [0.717, 1.165) is 59.6 Å². The molecule has 0 saturated carbocycles. The van der Waals surface area contributed by atoms with E-state index in [0.29, 0.717) is 49.3 Å². The van der Waals surface area contributed by atoms with Crippen LogP contribution in [-0.4, -0.2) is 82.2 Å². The predicted octanol–water partition coefficient (Wildman–Crippen LogP) is 7.02. The highest BCUT2D eigenvalue weighted by molar-refractivity contribution is 7.23. The lowest BCUT2D eigenvalue weighted by atomic mass is 9.90. The number of imidazole rings is 1. The number of aromatic nitrogens is 2. The second-order valence-corrected chi connectivity index (χ2v) is 14.2. The van der Waals surface area contributed by atoms with E-state index in [4.69, 9.17) is 9.72 Å². The number of hydrogen-bond acceptors (Lipinski definition) is 6. The molecule has 45 heavy (non-hydrogen) atoms. The Labute approximate surface area is 266 Å². The SMILES string of the molecule is CC(C)(C)OC(=O)N1CCCC(c2ccc(-c3cn4c(n3)sc3cc(C(=O)NCCCN5CCC(F)CC5)ccc34)c(F)c2)C1. The van der Waals surface area contributed by atoms with Gasteiger partial charge in [-0.15, -0.1) is 0 Å². The van der Waals surface area contributed by atoms with Crippen molar-refractivity contribution in [2.75, 3.05) is 39.3 Å². The molecule has 0 bridgehead atoms. The second kappa shape index (κ2) is 13.0. The van der Waals surface area contributed by atoms with Crippen LogP contribution in [0.15, 0.2) is 42.6 Å². The van der Waals surface area contributed by atoms with Gasteiger partial charge in [0.25, 0.3) is 5.91 Å². The van der Waals surface area contributed by atoms with Crippen LogP contribution in [0.1, 0.15) is 74.7 Å². The predicted molar refractivity (Wildman–Crippen MR) is 173 cm³/mol. The Kier molecular flexibility index (Phi) is 9.10. The minimum absolute atomic E-state index is 0.0378. The fourth-order valence-corrected chi connectivity index (χ4v) is 7.29. The maximum absolute atomic E-state index is 15.5. The van der Waals surface area contributed by atoms with E-state index < -0.39 is 11.8 Å². The first-order chi connectivity index (χ1) is 21.5. The van der Waals surface area contributed by atoms with Crippen molar-refractivity contribution in [2.24, 2.45) is 0 Å². The van der Waals surface area contributed by atoms with Gasteiger partial charge in [0, 0.05) is 56.0 Å². The fraction of sp³-hybridized carbons (Fsp3) is 0.500. The minimum Gasteiger partial charge on any atom is -0.444 e. The summed E-state index contributed by atoms with van der Waals surface area (Å²) in [6, 6.07) is 10.9. The van der Waals surface area contributed by atoms with Gasteiger partial charge in [-0.1, -0.05) is 17.4 Å². The molecule has 2 aromatic heterocycles. The zero-order chi connectivity index (χ0) is 31.7. The fourth-order valence-electron chi connectivity index (χ4n) is 6.24. The van der Waals surface area contributed by atoms with Crippen LogP contribution in [0.2, 0.25) is 0 Å². The van der Waals surface area contributed by atoms with Crippen LogP contribution in [-0.2, 0) is 4.74 Å². The third-order valence-corrected chi connectivity index (χ3v) is 9.64. The van der Waals surface area contributed by atoms with Crippen molar-refractivity contribution in [3.8, 4) is 11.3 Å². The van der Waals surface area contributed by atoms with Gasteiger partial charge >= 0.3 is 6.09 Å². The van der Waals surface area contributed by atoms with Crippen LogP contribution in [0.3, 0.4) is 0 Å². The first-order valence-corrected chi connectivity index (χ1v) is 16.7. The number of halogens is 2. The van der Waals surface area contributed by atoms with Gasteiger partial charge in [-0.25, -0.2) is 18.6 Å². The molecule has 4 aromatic rings. The third kappa shape index (κ3) is 7.30. The number of piperidine rings is 2. The quantitative estimate of drug-likeness (QED) is 0.220. The van der Waals surface area contributed by atoms with Gasteiger partial charge in [-0.3, -0.25) is 9.20 Å². The molecule has 0 spiro atoms. The van der Waals surface area contributed by atoms with Gasteiger partial charge in [-0.05, 0) is 95.3 Å². The van der Waals surface area contributed by atoms with E-state index in [2.05, 4.69) is 10.2 Å². The molecule has 1 N–H and O–H groups in total. The molecule has 11 heteroatoms. The molecule has 0 radical (unpaired) electrons. The van der Waals surface area contributed by atoms with Crippen LogP contribution in [0.25, 0.3) is 26.4 Å². The van der Waals surface area contributed by atoms with E-state index in [1.54, 1.807) is 23.1 Å². The molecule has 2 aliphatic rings. The van der Waals surface area contributed by atoms with Crippen molar-refractivity contribution in [3.05, 3.63) is 59.5 Å². The van der Waals surface area contributed by atoms with Crippen LogP contribution >= 0.6 is 11.3 Å². The van der Waals surface area contributed by atoms with Crippen LogP contribution in [0, 0.1) is 5.82 Å². The average molecular weight is 638 g/mol. The molecule has 2 aliphatic heterocycles. The number of likely N-dealkylation sites (tertiary alicyclic amines) is 2. The lowest BCUT2D eigenvalue weighted by molar-refractivity contribution is 0.0198. The Hall–Kier alpha value is -3.57. The Morgan fingerprint density at radius 2 is 1.89 bits per heavy atom. The zero-order valence-corrected chi connectivity index (χ0v) is 27.0. The highest BCUT2D eigenvalue weighted by Gasteiger charge is 2.29. The summed E-state index contributed by atoms with van der Waals surface area (Å²) in [5.74, 6) is -0.431. The Balaban J connectivity index is 1.09. The molecular weight excluding hydrogens is 596 g/mol. The molecule has 2 aromatic carbocycles. The Morgan fingerprint density at radius 1 is 1.09 bits per heavy atom. The van der Waals surface area contributed by atoms with Gasteiger partial charge in [-0.2, -0.15) is 0 Å². The summed E-state index contributed by atoms with van der Waals surface area (Å²) < 4.78 is 37.2. The summed E-state index contributed by atoms with van der Waals surface area (Å²) in [6.07, 6.45) is 4.56. The molecule has 1 unspecified atom stereocenters. The number of hydrogen-bond donors (Lipinski definition) is 1. The number of rotatable bonds is 7. The third-order valence-electron chi connectivity index (χ3n) is 8.62. The largest absolute Gasteiger partial charge is 0.444 e. The second-order valence-electron chi connectivity index (χ2n) is 13.2. The Bertz CT molecular complexity index is 1690. The first kappa shape index (κ1) is 31.4. The molecule has 4 heterocycles. The summed E-state index contributed by atoms with van der Waals surface area (Å²) in [6.45, 7) is 9.68. The highest BCUT2D eigenvalue weighted by Crippen LogP contribution is 2.34. The summed E-state index contributed by atoms with van der Waals surface area (Å²) in [7, 11) is 0. The minimum atomic E-state index is -0.678. The van der Waals surface area contributed by atoms with Crippen molar-refractivity contribution in [2.45, 2.75) is 70.6 Å². The van der Waals surface area contributed by atoms with E-state index in [1.807, 2.05) is 49.6 Å². The number of alkyl halides is 1. The molecule has 2 fully saturated rings.